The summed E-state index contributed by atoms with van der Waals surface area (Å²) in [7, 11) is 0. The normalized spacial score (nSPS) is 38.0. The number of nitrogens with zero attached hydrogens (tertiary/aromatic N) is 3. The third-order valence-corrected chi connectivity index (χ3v) is 5.30. The predicted octanol–water partition coefficient (Wildman–Crippen LogP) is -3.77. The molecule has 16 nitrogen and oxygen atoms in total. The second-order valence-electron chi connectivity index (χ2n) is 7.80. The van der Waals surface area contributed by atoms with Crippen molar-refractivity contribution in [3.63, 3.8) is 0 Å². The Morgan fingerprint density at radius 2 is 1.50 bits per heavy atom. The smallest absolute Gasteiger partial charge is 0.217 e. The van der Waals surface area contributed by atoms with Crippen molar-refractivity contribution < 1.29 is 54.1 Å². The standard InChI is InChI=1S/C18H31N5O11/c1-7(26)21-11-15(30)13(28)9(5-24)33-18(11)34-16-12(22-8(2)27)17(31-4-3-20-23-19)32-10(6-25)14(16)29/h9-18,24-25,28-30H,3-6H2,1-2H3,(H,21,26)(H,22,27). The Hall–Kier alpha value is -2.11. The van der Waals surface area contributed by atoms with Crippen LogP contribution in [0.2, 0.25) is 0 Å². The van der Waals surface area contributed by atoms with Crippen molar-refractivity contribution in [1.82, 2.24) is 10.6 Å². The molecule has 0 bridgehead atoms. The number of carbonyl (C=O) groups excluding carboxylic acids is 2. The zero-order chi connectivity index (χ0) is 25.4. The molecule has 2 saturated heterocycles. The lowest BCUT2D eigenvalue weighted by Gasteiger charge is -2.48. The number of hydrogen-bond donors (Lipinski definition) is 7. The van der Waals surface area contributed by atoms with Crippen molar-refractivity contribution in [2.24, 2.45) is 5.11 Å². The van der Waals surface area contributed by atoms with Gasteiger partial charge in [0, 0.05) is 25.3 Å². The molecule has 2 fully saturated rings. The van der Waals surface area contributed by atoms with Gasteiger partial charge in [-0.05, 0) is 5.53 Å². The summed E-state index contributed by atoms with van der Waals surface area (Å²) in [5, 5.41) is 58.9. The van der Waals surface area contributed by atoms with E-state index >= 15 is 0 Å². The number of ether oxygens (including phenoxy) is 4. The van der Waals surface area contributed by atoms with Gasteiger partial charge in [0.2, 0.25) is 11.8 Å². The molecule has 0 aromatic rings. The van der Waals surface area contributed by atoms with Crippen molar-refractivity contribution >= 4 is 11.8 Å². The molecule has 10 atom stereocenters. The summed E-state index contributed by atoms with van der Waals surface area (Å²) in [6.45, 7) is 0.800. The third-order valence-electron chi connectivity index (χ3n) is 5.30. The van der Waals surface area contributed by atoms with Gasteiger partial charge in [-0.25, -0.2) is 0 Å². The summed E-state index contributed by atoms with van der Waals surface area (Å²) in [4.78, 5) is 26.1. The summed E-state index contributed by atoms with van der Waals surface area (Å²) in [6, 6.07) is -2.50. The van der Waals surface area contributed by atoms with Gasteiger partial charge in [-0.2, -0.15) is 0 Å². The number of carbonyl (C=O) groups is 2. The minimum atomic E-state index is -1.61. The lowest BCUT2D eigenvalue weighted by molar-refractivity contribution is -0.328. The van der Waals surface area contributed by atoms with Crippen LogP contribution in [-0.2, 0) is 28.5 Å². The van der Waals surface area contributed by atoms with Gasteiger partial charge in [0.1, 0.15) is 48.7 Å². The summed E-state index contributed by atoms with van der Waals surface area (Å²) >= 11 is 0. The van der Waals surface area contributed by atoms with E-state index in [0.717, 1.165) is 6.92 Å². The van der Waals surface area contributed by atoms with Gasteiger partial charge in [-0.3, -0.25) is 9.59 Å². The summed E-state index contributed by atoms with van der Waals surface area (Å²) in [5.74, 6) is -1.14. The molecular formula is C18H31N5O11. The van der Waals surface area contributed by atoms with E-state index in [4.69, 9.17) is 24.5 Å². The second-order valence-corrected chi connectivity index (χ2v) is 7.80. The molecular weight excluding hydrogens is 462 g/mol. The Labute approximate surface area is 194 Å². The first-order valence-corrected chi connectivity index (χ1v) is 10.5. The number of aliphatic hydroxyl groups is 5. The highest BCUT2D eigenvalue weighted by Crippen LogP contribution is 2.29. The molecule has 0 radical (unpaired) electrons. The topological polar surface area (TPSA) is 245 Å². The molecule has 10 unspecified atom stereocenters. The molecule has 2 aliphatic rings. The van der Waals surface area contributed by atoms with E-state index in [0.29, 0.717) is 0 Å². The van der Waals surface area contributed by atoms with Crippen LogP contribution in [0.4, 0.5) is 0 Å². The fraction of sp³-hybridized carbons (Fsp3) is 0.889. The van der Waals surface area contributed by atoms with Crippen LogP contribution in [0, 0.1) is 0 Å². The monoisotopic (exact) mass is 493 g/mol. The van der Waals surface area contributed by atoms with E-state index < -0.39 is 86.3 Å². The molecule has 34 heavy (non-hydrogen) atoms. The van der Waals surface area contributed by atoms with Gasteiger partial charge in [-0.15, -0.1) is 0 Å². The average Bonchev–Trinajstić information content (AvgIpc) is 2.78. The molecule has 0 aromatic heterocycles. The highest BCUT2D eigenvalue weighted by Gasteiger charge is 2.52. The Kier molecular flexibility index (Phi) is 10.8. The predicted molar refractivity (Wildman–Crippen MR) is 110 cm³/mol. The lowest BCUT2D eigenvalue weighted by Crippen LogP contribution is -2.69. The van der Waals surface area contributed by atoms with Gasteiger partial charge in [0.15, 0.2) is 12.6 Å². The Morgan fingerprint density at radius 3 is 2.06 bits per heavy atom. The molecule has 0 saturated carbocycles. The van der Waals surface area contributed by atoms with Gasteiger partial charge in [0.25, 0.3) is 0 Å². The number of rotatable bonds is 10. The maximum Gasteiger partial charge on any atom is 0.217 e. The maximum atomic E-state index is 11.9. The highest BCUT2D eigenvalue weighted by molar-refractivity contribution is 5.73. The van der Waals surface area contributed by atoms with E-state index in [1.807, 2.05) is 0 Å². The van der Waals surface area contributed by atoms with Crippen molar-refractivity contribution in [3.8, 4) is 0 Å². The first kappa shape index (κ1) is 28.1. The van der Waals surface area contributed by atoms with Crippen molar-refractivity contribution in [3.05, 3.63) is 10.4 Å². The van der Waals surface area contributed by atoms with E-state index in [2.05, 4.69) is 20.7 Å². The van der Waals surface area contributed by atoms with Crippen molar-refractivity contribution in [2.45, 2.75) is 75.1 Å². The van der Waals surface area contributed by atoms with E-state index in [-0.39, 0.29) is 13.2 Å². The number of hydrogen-bond acceptors (Lipinski definition) is 12. The van der Waals surface area contributed by atoms with Crippen LogP contribution in [0.15, 0.2) is 5.11 Å². The fourth-order valence-corrected chi connectivity index (χ4v) is 3.76. The van der Waals surface area contributed by atoms with Crippen LogP contribution in [0.5, 0.6) is 0 Å². The van der Waals surface area contributed by atoms with Gasteiger partial charge in [0.05, 0.1) is 19.8 Å². The van der Waals surface area contributed by atoms with Crippen molar-refractivity contribution in [2.75, 3.05) is 26.4 Å². The summed E-state index contributed by atoms with van der Waals surface area (Å²) in [6.07, 6.45) is -11.4. The van der Waals surface area contributed by atoms with Crippen LogP contribution in [-0.4, -0.2) is 125 Å². The Bertz CT molecular complexity index is 739. The minimum Gasteiger partial charge on any atom is -0.394 e. The molecule has 0 spiro atoms. The minimum absolute atomic E-state index is 0.0698. The Balaban J connectivity index is 2.35. The SMILES string of the molecule is CC(=O)NC1C(OC2C(O)C(CO)OC(OCCN=[N+]=[N-])C2NC(C)=O)OC(CO)C(O)C1O. The second kappa shape index (κ2) is 13.1. The summed E-state index contributed by atoms with van der Waals surface area (Å²) < 4.78 is 22.5. The molecule has 2 heterocycles. The fourth-order valence-electron chi connectivity index (χ4n) is 3.76. The van der Waals surface area contributed by atoms with Crippen LogP contribution < -0.4 is 10.6 Å². The lowest BCUT2D eigenvalue weighted by atomic mass is 9.94. The molecule has 2 amide bonds. The summed E-state index contributed by atoms with van der Waals surface area (Å²) in [5.41, 5.74) is 8.41. The van der Waals surface area contributed by atoms with Gasteiger partial charge in [-0.1, -0.05) is 5.11 Å². The number of nitrogens with one attached hydrogen (secondary N) is 2. The molecule has 2 aliphatic heterocycles. The molecule has 2 rings (SSSR count). The van der Waals surface area contributed by atoms with Crippen LogP contribution in [0.3, 0.4) is 0 Å². The van der Waals surface area contributed by atoms with Gasteiger partial charge < -0.3 is 55.1 Å². The van der Waals surface area contributed by atoms with E-state index in [9.17, 15) is 35.1 Å². The van der Waals surface area contributed by atoms with Crippen molar-refractivity contribution in [1.29, 1.82) is 0 Å². The highest BCUT2D eigenvalue weighted by atomic mass is 16.7. The van der Waals surface area contributed by atoms with Gasteiger partial charge >= 0.3 is 0 Å². The molecule has 0 aliphatic carbocycles. The zero-order valence-electron chi connectivity index (χ0n) is 18.6. The average molecular weight is 493 g/mol. The van der Waals surface area contributed by atoms with Crippen LogP contribution >= 0.6 is 0 Å². The molecule has 0 aromatic carbocycles. The molecule has 194 valence electrons. The largest absolute Gasteiger partial charge is 0.394 e. The van der Waals surface area contributed by atoms with Crippen LogP contribution in [0.1, 0.15) is 13.8 Å². The Morgan fingerprint density at radius 1 is 0.941 bits per heavy atom. The maximum absolute atomic E-state index is 11.9. The van der Waals surface area contributed by atoms with E-state index in [1.54, 1.807) is 0 Å². The number of amides is 2. The number of aliphatic hydroxyl groups excluding tert-OH is 5. The zero-order valence-corrected chi connectivity index (χ0v) is 18.6. The molecule has 16 heteroatoms. The first-order chi connectivity index (χ1) is 16.1. The first-order valence-electron chi connectivity index (χ1n) is 10.5. The third kappa shape index (κ3) is 6.96. The van der Waals surface area contributed by atoms with E-state index in [1.165, 1.54) is 6.92 Å². The number of azide groups is 1. The van der Waals surface area contributed by atoms with Crippen LogP contribution in [0.25, 0.3) is 10.4 Å². The molecule has 7 N–H and O–H groups in total. The quantitative estimate of drug-likeness (QED) is 0.0673.